The summed E-state index contributed by atoms with van der Waals surface area (Å²) >= 11 is 0. The molecular formula is C18H18F3N. The monoisotopic (exact) mass is 305 g/mol. The molecule has 2 atom stereocenters. The fourth-order valence-corrected chi connectivity index (χ4v) is 2.92. The third kappa shape index (κ3) is 3.17. The predicted octanol–water partition coefficient (Wildman–Crippen LogP) is 4.70. The second-order valence-electron chi connectivity index (χ2n) is 5.86. The van der Waals surface area contributed by atoms with Crippen LogP contribution < -0.4 is 5.32 Å². The van der Waals surface area contributed by atoms with Crippen molar-refractivity contribution in [2.75, 3.05) is 13.6 Å². The molecule has 3 rings (SSSR count). The molecule has 2 aromatic rings. The number of nitrogens with one attached hydrogen (secondary N) is 1. The van der Waals surface area contributed by atoms with Crippen LogP contribution in [0.25, 0.3) is 11.1 Å². The second-order valence-corrected chi connectivity index (χ2v) is 5.86. The van der Waals surface area contributed by atoms with Crippen molar-refractivity contribution in [3.8, 4) is 11.1 Å². The van der Waals surface area contributed by atoms with E-state index in [1.54, 1.807) is 0 Å². The van der Waals surface area contributed by atoms with E-state index in [0.717, 1.165) is 29.8 Å². The Morgan fingerprint density at radius 3 is 2.00 bits per heavy atom. The van der Waals surface area contributed by atoms with Gasteiger partial charge in [0, 0.05) is 0 Å². The topological polar surface area (TPSA) is 12.0 Å². The Labute approximate surface area is 128 Å². The maximum Gasteiger partial charge on any atom is 0.416 e. The Kier molecular flexibility index (Phi) is 3.96. The lowest BCUT2D eigenvalue weighted by Crippen LogP contribution is -2.10. The highest BCUT2D eigenvalue weighted by molar-refractivity contribution is 5.64. The van der Waals surface area contributed by atoms with Gasteiger partial charge in [-0.2, -0.15) is 13.2 Å². The summed E-state index contributed by atoms with van der Waals surface area (Å²) in [6.45, 7) is 1.03. The molecule has 1 aliphatic carbocycles. The Hall–Kier alpha value is -1.81. The van der Waals surface area contributed by atoms with Gasteiger partial charge in [0.15, 0.2) is 0 Å². The minimum Gasteiger partial charge on any atom is -0.319 e. The zero-order valence-corrected chi connectivity index (χ0v) is 12.3. The molecule has 2 unspecified atom stereocenters. The first-order valence-electron chi connectivity index (χ1n) is 7.41. The summed E-state index contributed by atoms with van der Waals surface area (Å²) in [5.74, 6) is 1.33. The molecule has 2 aromatic carbocycles. The Bertz CT molecular complexity index is 629. The Morgan fingerprint density at radius 1 is 0.955 bits per heavy atom. The average molecular weight is 305 g/mol. The van der Waals surface area contributed by atoms with Gasteiger partial charge in [-0.05, 0) is 60.7 Å². The van der Waals surface area contributed by atoms with E-state index in [0.29, 0.717) is 11.8 Å². The number of hydrogen-bond acceptors (Lipinski definition) is 1. The fourth-order valence-electron chi connectivity index (χ4n) is 2.92. The zero-order valence-electron chi connectivity index (χ0n) is 12.3. The van der Waals surface area contributed by atoms with E-state index in [4.69, 9.17) is 0 Å². The molecule has 1 fully saturated rings. The van der Waals surface area contributed by atoms with Gasteiger partial charge in [0.2, 0.25) is 0 Å². The minimum absolute atomic E-state index is 0.610. The molecule has 1 aliphatic rings. The molecule has 4 heteroatoms. The SMILES string of the molecule is CNCC1CC1c1ccc(-c2ccc(C(F)(F)F)cc2)cc1. The van der Waals surface area contributed by atoms with Crippen LogP contribution in [0.5, 0.6) is 0 Å². The van der Waals surface area contributed by atoms with Crippen molar-refractivity contribution < 1.29 is 13.2 Å². The van der Waals surface area contributed by atoms with Gasteiger partial charge in [-0.3, -0.25) is 0 Å². The largest absolute Gasteiger partial charge is 0.416 e. The lowest BCUT2D eigenvalue weighted by molar-refractivity contribution is -0.137. The van der Waals surface area contributed by atoms with Gasteiger partial charge >= 0.3 is 6.18 Å². The Balaban J connectivity index is 1.73. The van der Waals surface area contributed by atoms with Crippen molar-refractivity contribution in [2.24, 2.45) is 5.92 Å². The molecule has 0 heterocycles. The van der Waals surface area contributed by atoms with Crippen molar-refractivity contribution in [3.63, 3.8) is 0 Å². The van der Waals surface area contributed by atoms with E-state index in [9.17, 15) is 13.2 Å². The maximum atomic E-state index is 12.6. The van der Waals surface area contributed by atoms with Crippen molar-refractivity contribution in [3.05, 3.63) is 59.7 Å². The van der Waals surface area contributed by atoms with E-state index in [1.165, 1.54) is 24.1 Å². The third-order valence-electron chi connectivity index (χ3n) is 4.27. The van der Waals surface area contributed by atoms with Gasteiger partial charge in [-0.1, -0.05) is 36.4 Å². The van der Waals surface area contributed by atoms with Gasteiger partial charge in [-0.15, -0.1) is 0 Å². The first-order valence-corrected chi connectivity index (χ1v) is 7.41. The summed E-state index contributed by atoms with van der Waals surface area (Å²) in [6.07, 6.45) is -3.07. The molecule has 0 radical (unpaired) electrons. The van der Waals surface area contributed by atoms with E-state index < -0.39 is 11.7 Å². The average Bonchev–Trinajstić information content (AvgIpc) is 3.26. The van der Waals surface area contributed by atoms with Crippen molar-refractivity contribution in [1.29, 1.82) is 0 Å². The first-order chi connectivity index (χ1) is 10.5. The Morgan fingerprint density at radius 2 is 1.50 bits per heavy atom. The van der Waals surface area contributed by atoms with E-state index >= 15 is 0 Å². The number of rotatable bonds is 4. The molecule has 116 valence electrons. The van der Waals surface area contributed by atoms with Crippen LogP contribution >= 0.6 is 0 Å². The molecule has 0 amide bonds. The molecule has 22 heavy (non-hydrogen) atoms. The molecule has 0 spiro atoms. The third-order valence-corrected chi connectivity index (χ3v) is 4.27. The van der Waals surface area contributed by atoms with E-state index in [1.807, 2.05) is 19.2 Å². The summed E-state index contributed by atoms with van der Waals surface area (Å²) < 4.78 is 37.7. The summed E-state index contributed by atoms with van der Waals surface area (Å²) in [4.78, 5) is 0. The molecule has 0 aliphatic heterocycles. The lowest BCUT2D eigenvalue weighted by Gasteiger charge is -2.08. The van der Waals surface area contributed by atoms with Gasteiger partial charge in [0.25, 0.3) is 0 Å². The van der Waals surface area contributed by atoms with Crippen LogP contribution in [-0.2, 0) is 6.18 Å². The van der Waals surface area contributed by atoms with Crippen LogP contribution in [-0.4, -0.2) is 13.6 Å². The van der Waals surface area contributed by atoms with Crippen LogP contribution in [0.15, 0.2) is 48.5 Å². The van der Waals surface area contributed by atoms with Gasteiger partial charge in [0.1, 0.15) is 0 Å². The minimum atomic E-state index is -4.28. The van der Waals surface area contributed by atoms with Crippen molar-refractivity contribution in [2.45, 2.75) is 18.5 Å². The standard InChI is InChI=1S/C18H18F3N/c1-22-11-15-10-17(15)14-4-2-12(3-5-14)13-6-8-16(9-7-13)18(19,20)21/h2-9,15,17,22H,10-11H2,1H3. The van der Waals surface area contributed by atoms with Crippen LogP contribution in [0.4, 0.5) is 13.2 Å². The fraction of sp³-hybridized carbons (Fsp3) is 0.333. The van der Waals surface area contributed by atoms with Gasteiger partial charge in [0.05, 0.1) is 5.56 Å². The quantitative estimate of drug-likeness (QED) is 0.863. The molecule has 0 saturated heterocycles. The van der Waals surface area contributed by atoms with Crippen LogP contribution in [0.3, 0.4) is 0 Å². The van der Waals surface area contributed by atoms with Crippen LogP contribution in [0.2, 0.25) is 0 Å². The molecule has 1 saturated carbocycles. The number of benzene rings is 2. The first kappa shape index (κ1) is 15.1. The molecule has 1 nitrogen and oxygen atoms in total. The highest BCUT2D eigenvalue weighted by Gasteiger charge is 2.37. The number of hydrogen-bond donors (Lipinski definition) is 1. The smallest absolute Gasteiger partial charge is 0.319 e. The molecular weight excluding hydrogens is 287 g/mol. The van der Waals surface area contributed by atoms with Crippen LogP contribution in [0.1, 0.15) is 23.5 Å². The molecule has 0 bridgehead atoms. The summed E-state index contributed by atoms with van der Waals surface area (Å²) in [6, 6.07) is 13.5. The number of alkyl halides is 3. The lowest BCUT2D eigenvalue weighted by atomic mass is 10.0. The van der Waals surface area contributed by atoms with Crippen molar-refractivity contribution >= 4 is 0 Å². The van der Waals surface area contributed by atoms with Crippen molar-refractivity contribution in [1.82, 2.24) is 5.32 Å². The van der Waals surface area contributed by atoms with E-state index in [2.05, 4.69) is 17.4 Å². The summed E-state index contributed by atoms with van der Waals surface area (Å²) in [5, 5.41) is 3.19. The van der Waals surface area contributed by atoms with Crippen LogP contribution in [0, 0.1) is 5.92 Å². The number of halogens is 3. The van der Waals surface area contributed by atoms with Gasteiger partial charge in [-0.25, -0.2) is 0 Å². The highest BCUT2D eigenvalue weighted by Crippen LogP contribution is 2.47. The zero-order chi connectivity index (χ0) is 15.7. The van der Waals surface area contributed by atoms with Gasteiger partial charge < -0.3 is 5.32 Å². The second kappa shape index (κ2) is 5.76. The highest BCUT2D eigenvalue weighted by atomic mass is 19.4. The predicted molar refractivity (Wildman–Crippen MR) is 81.7 cm³/mol. The van der Waals surface area contributed by atoms with E-state index in [-0.39, 0.29) is 0 Å². The molecule has 1 N–H and O–H groups in total. The summed E-state index contributed by atoms with van der Waals surface area (Å²) in [7, 11) is 1.96. The maximum absolute atomic E-state index is 12.6. The summed E-state index contributed by atoms with van der Waals surface area (Å²) in [5.41, 5.74) is 2.46. The normalized spacial score (nSPS) is 20.9. The molecule has 0 aromatic heterocycles.